The fraction of sp³-hybridized carbons (Fsp3) is 0. The van der Waals surface area contributed by atoms with Crippen molar-refractivity contribution in [3.8, 4) is 33.3 Å². The third kappa shape index (κ3) is 2.81. The average Bonchev–Trinajstić information content (AvgIpc) is 2.69. The van der Waals surface area contributed by atoms with Crippen molar-refractivity contribution in [1.82, 2.24) is 0 Å². The van der Waals surface area contributed by atoms with E-state index < -0.39 is 0 Å². The van der Waals surface area contributed by atoms with E-state index >= 15 is 0 Å². The van der Waals surface area contributed by atoms with Crippen molar-refractivity contribution in [3.05, 3.63) is 103 Å². The molecule has 0 spiro atoms. The van der Waals surface area contributed by atoms with Crippen molar-refractivity contribution < 1.29 is 0 Å². The first-order valence-corrected chi connectivity index (χ1v) is 8.23. The summed E-state index contributed by atoms with van der Waals surface area (Å²) in [5.41, 5.74) is 7.56. The van der Waals surface area contributed by atoms with E-state index in [0.29, 0.717) is 0 Å². The molecule has 0 radical (unpaired) electrons. The first-order chi connectivity index (χ1) is 11.9. The van der Waals surface area contributed by atoms with Crippen LogP contribution in [-0.4, -0.2) is 6.91 Å². The van der Waals surface area contributed by atoms with Gasteiger partial charge in [0.1, 0.15) is 0 Å². The third-order valence-corrected chi connectivity index (χ3v) is 4.30. The fourth-order valence-electron chi connectivity index (χ4n) is 3.18. The summed E-state index contributed by atoms with van der Waals surface area (Å²) in [6.07, 6.45) is 0. The molecule has 0 fully saturated rings. The van der Waals surface area contributed by atoms with Gasteiger partial charge in [-0.1, -0.05) is 0 Å². The van der Waals surface area contributed by atoms with Crippen LogP contribution in [0.1, 0.15) is 0 Å². The summed E-state index contributed by atoms with van der Waals surface area (Å²) in [4.78, 5) is 0. The molecule has 1 heteroatoms. The molecule has 0 aliphatic carbocycles. The molecule has 112 valence electrons. The van der Waals surface area contributed by atoms with Crippen molar-refractivity contribution >= 4 is 6.91 Å². The molecule has 1 aromatic heterocycles. The Bertz CT molecular complexity index is 872. The molecule has 1 heterocycles. The molecule has 0 atom stereocenters. The standard InChI is InChI=1S/C23H17B/c1-4-10-18(11-5-1)21-16-17-24-23(20-14-8-3-9-15-20)22(21)19-12-6-2-7-13-19/h1-17H. The Morgan fingerprint density at radius 1 is 0.458 bits per heavy atom. The molecule has 0 saturated heterocycles. The summed E-state index contributed by atoms with van der Waals surface area (Å²) in [5, 5.41) is 0. The predicted octanol–water partition coefficient (Wildman–Crippen LogP) is 6.03. The van der Waals surface area contributed by atoms with Crippen molar-refractivity contribution in [2.45, 2.75) is 0 Å². The minimum absolute atomic E-state index is 1.24. The van der Waals surface area contributed by atoms with E-state index in [2.05, 4.69) is 110 Å². The van der Waals surface area contributed by atoms with Gasteiger partial charge in [-0.3, -0.25) is 0 Å². The number of hydrogen-bond acceptors (Lipinski definition) is 0. The van der Waals surface area contributed by atoms with Crippen molar-refractivity contribution in [2.24, 2.45) is 0 Å². The van der Waals surface area contributed by atoms with Crippen LogP contribution in [0.3, 0.4) is 0 Å². The quantitative estimate of drug-likeness (QED) is 0.434. The summed E-state index contributed by atoms with van der Waals surface area (Å²) in [6, 6.07) is 34.1. The normalized spacial score (nSPS) is 10.3. The van der Waals surface area contributed by atoms with Gasteiger partial charge in [0.25, 0.3) is 0 Å². The zero-order chi connectivity index (χ0) is 16.2. The number of hydrogen-bond donors (Lipinski definition) is 0. The molecule has 0 bridgehead atoms. The molecule has 3 aromatic carbocycles. The van der Waals surface area contributed by atoms with Crippen LogP contribution >= 0.6 is 0 Å². The van der Waals surface area contributed by atoms with E-state index in [1.807, 2.05) is 0 Å². The van der Waals surface area contributed by atoms with Gasteiger partial charge in [0.05, 0.1) is 0 Å². The topological polar surface area (TPSA) is 0 Å². The maximum absolute atomic E-state index is 2.21. The number of rotatable bonds is 3. The van der Waals surface area contributed by atoms with Crippen LogP contribution in [0, 0.1) is 0 Å². The van der Waals surface area contributed by atoms with E-state index in [1.165, 1.54) is 33.3 Å². The average molecular weight is 304 g/mol. The Balaban J connectivity index is 2.02. The van der Waals surface area contributed by atoms with Crippen LogP contribution < -0.4 is 0 Å². The number of benzene rings is 3. The molecule has 4 rings (SSSR count). The molecule has 0 aliphatic rings. The molecule has 0 amide bonds. The Labute approximate surface area is 143 Å². The van der Waals surface area contributed by atoms with Gasteiger partial charge < -0.3 is 0 Å². The fourth-order valence-corrected chi connectivity index (χ4v) is 3.18. The molecular formula is C23H17B. The van der Waals surface area contributed by atoms with Crippen LogP contribution in [0.15, 0.2) is 103 Å². The summed E-state index contributed by atoms with van der Waals surface area (Å²) >= 11 is 0. The van der Waals surface area contributed by atoms with Gasteiger partial charge >= 0.3 is 143 Å². The Hall–Kier alpha value is -2.93. The van der Waals surface area contributed by atoms with Crippen LogP contribution in [0.4, 0.5) is 0 Å². The molecule has 4 aromatic rings. The van der Waals surface area contributed by atoms with Gasteiger partial charge in [-0.25, -0.2) is 0 Å². The van der Waals surface area contributed by atoms with Crippen molar-refractivity contribution in [3.63, 3.8) is 0 Å². The first kappa shape index (κ1) is 14.7. The molecular weight excluding hydrogens is 287 g/mol. The summed E-state index contributed by atoms with van der Waals surface area (Å²) in [6.45, 7) is 2.21. The Morgan fingerprint density at radius 2 is 0.958 bits per heavy atom. The summed E-state index contributed by atoms with van der Waals surface area (Å²) in [5.74, 6) is 2.15. The van der Waals surface area contributed by atoms with Crippen LogP contribution in [0.25, 0.3) is 33.3 Å². The maximum atomic E-state index is 2.21. The third-order valence-electron chi connectivity index (χ3n) is 4.30. The van der Waals surface area contributed by atoms with Gasteiger partial charge in [-0.05, 0) is 0 Å². The van der Waals surface area contributed by atoms with E-state index in [9.17, 15) is 0 Å². The van der Waals surface area contributed by atoms with Crippen LogP contribution in [0.2, 0.25) is 0 Å². The van der Waals surface area contributed by atoms with E-state index in [0.717, 1.165) is 0 Å². The van der Waals surface area contributed by atoms with Gasteiger partial charge in [0.15, 0.2) is 0 Å². The zero-order valence-electron chi connectivity index (χ0n) is 13.4. The molecule has 24 heavy (non-hydrogen) atoms. The second kappa shape index (κ2) is 6.68. The van der Waals surface area contributed by atoms with Gasteiger partial charge in [0.2, 0.25) is 0 Å². The van der Waals surface area contributed by atoms with Gasteiger partial charge in [0, 0.05) is 0 Å². The molecule has 0 aliphatic heterocycles. The molecule has 0 N–H and O–H groups in total. The molecule has 0 unspecified atom stereocenters. The monoisotopic (exact) mass is 304 g/mol. The predicted molar refractivity (Wildman–Crippen MR) is 104 cm³/mol. The van der Waals surface area contributed by atoms with E-state index in [4.69, 9.17) is 0 Å². The van der Waals surface area contributed by atoms with Crippen molar-refractivity contribution in [2.75, 3.05) is 0 Å². The van der Waals surface area contributed by atoms with E-state index in [1.54, 1.807) is 0 Å². The van der Waals surface area contributed by atoms with Crippen LogP contribution in [0.5, 0.6) is 0 Å². The second-order valence-corrected chi connectivity index (χ2v) is 5.83. The minimum atomic E-state index is 1.24. The summed E-state index contributed by atoms with van der Waals surface area (Å²) in [7, 11) is 0. The van der Waals surface area contributed by atoms with Gasteiger partial charge in [-0.2, -0.15) is 0 Å². The van der Waals surface area contributed by atoms with Crippen LogP contribution in [-0.2, 0) is 0 Å². The molecule has 0 nitrogen and oxygen atoms in total. The molecule has 0 saturated carbocycles. The van der Waals surface area contributed by atoms with Crippen molar-refractivity contribution in [1.29, 1.82) is 0 Å². The Kier molecular flexibility index (Phi) is 4.08. The SMILES string of the molecule is b1ccc(-c2ccccc2)c(-c2ccccc2)c1-c1ccccc1. The van der Waals surface area contributed by atoms with E-state index in [-0.39, 0.29) is 0 Å². The summed E-state index contributed by atoms with van der Waals surface area (Å²) < 4.78 is 0. The first-order valence-electron chi connectivity index (χ1n) is 8.23. The Morgan fingerprint density at radius 3 is 1.54 bits per heavy atom. The zero-order valence-corrected chi connectivity index (χ0v) is 13.4. The van der Waals surface area contributed by atoms with Gasteiger partial charge in [-0.15, -0.1) is 0 Å². The second-order valence-electron chi connectivity index (χ2n) is 5.83.